The first kappa shape index (κ1) is 9.64. The van der Waals surface area contributed by atoms with E-state index in [4.69, 9.17) is 0 Å². The van der Waals surface area contributed by atoms with Crippen LogP contribution in [0.1, 0.15) is 12.8 Å². The Kier molecular flexibility index (Phi) is 3.08. The third-order valence-corrected chi connectivity index (χ3v) is 2.97. The van der Waals surface area contributed by atoms with Crippen LogP contribution in [0.15, 0.2) is 0 Å². The summed E-state index contributed by atoms with van der Waals surface area (Å²) in [6.45, 7) is 1.50. The maximum atomic E-state index is 12.7. The molecule has 0 amide bonds. The van der Waals surface area contributed by atoms with Crippen molar-refractivity contribution >= 4 is 22.6 Å². The van der Waals surface area contributed by atoms with Gasteiger partial charge in [0.15, 0.2) is 0 Å². The summed E-state index contributed by atoms with van der Waals surface area (Å²) < 4.78 is 23.0. The summed E-state index contributed by atoms with van der Waals surface area (Å²) >= 11 is 1.25. The Morgan fingerprint density at radius 2 is 2.18 bits per heavy atom. The van der Waals surface area contributed by atoms with Gasteiger partial charge in [-0.3, -0.25) is 0 Å². The number of piperidine rings is 1. The normalized spacial score (nSPS) is 28.9. The maximum absolute atomic E-state index is 12.7. The van der Waals surface area contributed by atoms with E-state index < -0.39 is 9.85 Å². The molecule has 0 N–H and O–H groups in total. The molecule has 1 aliphatic heterocycles. The van der Waals surface area contributed by atoms with Crippen LogP contribution in [0.2, 0.25) is 0 Å². The van der Waals surface area contributed by atoms with Crippen LogP contribution in [0.25, 0.3) is 0 Å². The molecular weight excluding hydrogens is 263 g/mol. The minimum absolute atomic E-state index is 0.443. The van der Waals surface area contributed by atoms with Gasteiger partial charge in [0.2, 0.25) is 0 Å². The Hall–Kier alpha value is 0.550. The first-order valence-corrected chi connectivity index (χ1v) is 4.83. The van der Waals surface area contributed by atoms with Crippen molar-refractivity contribution in [3.05, 3.63) is 0 Å². The van der Waals surface area contributed by atoms with Gasteiger partial charge in [0.25, 0.3) is 0 Å². The number of nitrogens with zero attached hydrogens (tertiary/aromatic N) is 1. The van der Waals surface area contributed by atoms with E-state index in [1.807, 2.05) is 11.9 Å². The Morgan fingerprint density at radius 3 is 2.55 bits per heavy atom. The fourth-order valence-electron chi connectivity index (χ4n) is 1.43. The van der Waals surface area contributed by atoms with Crippen LogP contribution in [-0.2, 0) is 0 Å². The van der Waals surface area contributed by atoms with Gasteiger partial charge in [-0.1, -0.05) is 0 Å². The molecule has 1 unspecified atom stereocenters. The van der Waals surface area contributed by atoms with Crippen LogP contribution in [0.4, 0.5) is 8.78 Å². The van der Waals surface area contributed by atoms with Gasteiger partial charge < -0.3 is 4.90 Å². The van der Waals surface area contributed by atoms with Crippen molar-refractivity contribution in [2.24, 2.45) is 5.92 Å². The van der Waals surface area contributed by atoms with Crippen LogP contribution < -0.4 is 0 Å². The smallest absolute Gasteiger partial charge is 0.300 e. The zero-order valence-electron chi connectivity index (χ0n) is 6.49. The minimum Gasteiger partial charge on any atom is -0.306 e. The summed E-state index contributed by atoms with van der Waals surface area (Å²) in [5, 5.41) is 0. The fourth-order valence-corrected chi connectivity index (χ4v) is 1.94. The second-order valence-electron chi connectivity index (χ2n) is 3.14. The summed E-state index contributed by atoms with van der Waals surface area (Å²) in [5.74, 6) is -0.443. The molecule has 0 bridgehead atoms. The molecule has 66 valence electrons. The van der Waals surface area contributed by atoms with Gasteiger partial charge in [0, 0.05) is 12.5 Å². The van der Waals surface area contributed by atoms with E-state index in [0.717, 1.165) is 13.0 Å². The lowest BCUT2D eigenvalue weighted by Gasteiger charge is -2.32. The molecule has 0 saturated carbocycles. The largest absolute Gasteiger partial charge is 0.306 e. The van der Waals surface area contributed by atoms with Crippen molar-refractivity contribution in [2.75, 3.05) is 20.1 Å². The molecule has 1 rings (SSSR count). The molecule has 0 radical (unpaired) electrons. The quantitative estimate of drug-likeness (QED) is 0.524. The lowest BCUT2D eigenvalue weighted by atomic mass is 9.99. The highest BCUT2D eigenvalue weighted by atomic mass is 127. The third kappa shape index (κ3) is 2.82. The number of likely N-dealkylation sites (tertiary alicyclic amines) is 1. The molecule has 1 saturated heterocycles. The van der Waals surface area contributed by atoms with E-state index in [1.165, 1.54) is 22.6 Å². The predicted molar refractivity (Wildman–Crippen MR) is 49.2 cm³/mol. The second-order valence-corrected chi connectivity index (χ2v) is 4.58. The lowest BCUT2D eigenvalue weighted by molar-refractivity contribution is 0.0189. The number of alkyl halides is 3. The number of hydrogen-bond acceptors (Lipinski definition) is 1. The summed E-state index contributed by atoms with van der Waals surface area (Å²) in [6.07, 6.45) is 1.57. The Balaban J connectivity index is 2.46. The van der Waals surface area contributed by atoms with Gasteiger partial charge in [0.05, 0.1) is 0 Å². The average Bonchev–Trinajstić information content (AvgIpc) is 1.86. The van der Waals surface area contributed by atoms with E-state index in [9.17, 15) is 8.78 Å². The molecule has 0 aromatic rings. The van der Waals surface area contributed by atoms with Crippen molar-refractivity contribution in [1.29, 1.82) is 0 Å². The molecule has 1 fully saturated rings. The Morgan fingerprint density at radius 1 is 1.55 bits per heavy atom. The molecule has 0 spiro atoms. The van der Waals surface area contributed by atoms with Gasteiger partial charge >= 0.3 is 3.93 Å². The molecule has 1 aliphatic rings. The lowest BCUT2D eigenvalue weighted by Crippen LogP contribution is -2.38. The van der Waals surface area contributed by atoms with Gasteiger partial charge in [0.1, 0.15) is 0 Å². The molecule has 0 aromatic heterocycles. The van der Waals surface area contributed by atoms with Gasteiger partial charge in [-0.05, 0) is 49.0 Å². The van der Waals surface area contributed by atoms with Crippen LogP contribution in [0.3, 0.4) is 0 Å². The van der Waals surface area contributed by atoms with Crippen molar-refractivity contribution in [3.8, 4) is 0 Å². The number of hydrogen-bond donors (Lipinski definition) is 0. The topological polar surface area (TPSA) is 3.24 Å². The van der Waals surface area contributed by atoms with Gasteiger partial charge in [-0.2, -0.15) is 8.78 Å². The molecule has 1 heterocycles. The summed E-state index contributed by atoms with van der Waals surface area (Å²) in [7, 11) is 1.90. The van der Waals surface area contributed by atoms with E-state index >= 15 is 0 Å². The van der Waals surface area contributed by atoms with Crippen LogP contribution >= 0.6 is 22.6 Å². The fraction of sp³-hybridized carbons (Fsp3) is 1.00. The molecule has 1 atom stereocenters. The van der Waals surface area contributed by atoms with E-state index in [0.29, 0.717) is 13.0 Å². The molecule has 0 aliphatic carbocycles. The third-order valence-electron chi connectivity index (χ3n) is 2.09. The molecule has 11 heavy (non-hydrogen) atoms. The predicted octanol–water partition coefficient (Wildman–Crippen LogP) is 2.36. The zero-order chi connectivity index (χ0) is 8.48. The van der Waals surface area contributed by atoms with Gasteiger partial charge in [-0.15, -0.1) is 0 Å². The minimum atomic E-state index is -2.52. The average molecular weight is 275 g/mol. The summed E-state index contributed by atoms with van der Waals surface area (Å²) in [4.78, 5) is 1.97. The van der Waals surface area contributed by atoms with Crippen molar-refractivity contribution in [1.82, 2.24) is 4.90 Å². The SMILES string of the molecule is CN1CCCC(C(F)(F)I)C1. The molecular formula is C7H12F2IN. The van der Waals surface area contributed by atoms with E-state index in [2.05, 4.69) is 0 Å². The first-order chi connectivity index (χ1) is 5.00. The summed E-state index contributed by atoms with van der Waals surface area (Å²) in [6, 6.07) is 0. The Bertz CT molecular complexity index is 135. The van der Waals surface area contributed by atoms with Crippen molar-refractivity contribution in [2.45, 2.75) is 16.8 Å². The van der Waals surface area contributed by atoms with Crippen LogP contribution in [-0.4, -0.2) is 29.0 Å². The standard InChI is InChI=1S/C7H12F2IN/c1-11-4-2-3-6(5-11)7(8,9)10/h6H,2-5H2,1H3. The van der Waals surface area contributed by atoms with Gasteiger partial charge in [-0.25, -0.2) is 0 Å². The number of rotatable bonds is 1. The molecule has 0 aromatic carbocycles. The first-order valence-electron chi connectivity index (χ1n) is 3.75. The van der Waals surface area contributed by atoms with E-state index in [-0.39, 0.29) is 0 Å². The van der Waals surface area contributed by atoms with Crippen molar-refractivity contribution < 1.29 is 8.78 Å². The number of halogens is 3. The monoisotopic (exact) mass is 275 g/mol. The molecule has 4 heteroatoms. The van der Waals surface area contributed by atoms with E-state index in [1.54, 1.807) is 0 Å². The highest BCUT2D eigenvalue weighted by molar-refractivity contribution is 14.1. The summed E-state index contributed by atoms with van der Waals surface area (Å²) in [5.41, 5.74) is 0. The highest BCUT2D eigenvalue weighted by Gasteiger charge is 2.37. The zero-order valence-corrected chi connectivity index (χ0v) is 8.64. The van der Waals surface area contributed by atoms with Crippen molar-refractivity contribution in [3.63, 3.8) is 0 Å². The highest BCUT2D eigenvalue weighted by Crippen LogP contribution is 2.36. The molecule has 1 nitrogen and oxygen atoms in total. The Labute approximate surface area is 79.3 Å². The second kappa shape index (κ2) is 3.51. The van der Waals surface area contributed by atoms with Crippen LogP contribution in [0, 0.1) is 5.92 Å². The van der Waals surface area contributed by atoms with Crippen LogP contribution in [0.5, 0.6) is 0 Å². The maximum Gasteiger partial charge on any atom is 0.300 e.